The number of benzene rings is 2. The molecule has 0 N–H and O–H groups in total. The van der Waals surface area contributed by atoms with Crippen molar-refractivity contribution in [3.8, 4) is 0 Å². The molecule has 2 aromatic carbocycles. The standard InChI is InChI=1S/C23H27N3O2/c1-2-21(27)26-13-12-18-8-6-7-11-20(18)22(26)23(28)25-16-14-24(15-17-25)19-9-4-3-5-10-19/h3-11,22H,2,12-17H2,1H3. The number of hydrogen-bond donors (Lipinski definition) is 0. The maximum Gasteiger partial charge on any atom is 0.250 e. The highest BCUT2D eigenvalue weighted by Gasteiger charge is 2.38. The number of fused-ring (bicyclic) bond motifs is 1. The molecule has 1 saturated heterocycles. The van der Waals surface area contributed by atoms with Gasteiger partial charge in [-0.3, -0.25) is 9.59 Å². The summed E-state index contributed by atoms with van der Waals surface area (Å²) in [5.41, 5.74) is 3.37. The molecule has 28 heavy (non-hydrogen) atoms. The molecule has 1 fully saturated rings. The van der Waals surface area contributed by atoms with E-state index in [4.69, 9.17) is 0 Å². The summed E-state index contributed by atoms with van der Waals surface area (Å²) in [7, 11) is 0. The zero-order valence-electron chi connectivity index (χ0n) is 16.4. The second-order valence-corrected chi connectivity index (χ2v) is 7.44. The number of rotatable bonds is 3. The predicted molar refractivity (Wildman–Crippen MR) is 110 cm³/mol. The van der Waals surface area contributed by atoms with Gasteiger partial charge in [-0.2, -0.15) is 0 Å². The fraction of sp³-hybridized carbons (Fsp3) is 0.391. The van der Waals surface area contributed by atoms with E-state index in [2.05, 4.69) is 23.1 Å². The van der Waals surface area contributed by atoms with Crippen LogP contribution in [0.5, 0.6) is 0 Å². The van der Waals surface area contributed by atoms with Crippen molar-refractivity contribution in [2.45, 2.75) is 25.8 Å². The van der Waals surface area contributed by atoms with Gasteiger partial charge < -0.3 is 14.7 Å². The lowest BCUT2D eigenvalue weighted by Crippen LogP contribution is -2.54. The minimum atomic E-state index is -0.485. The molecule has 2 amide bonds. The van der Waals surface area contributed by atoms with Gasteiger partial charge >= 0.3 is 0 Å². The summed E-state index contributed by atoms with van der Waals surface area (Å²) in [6, 6.07) is 17.9. The lowest BCUT2D eigenvalue weighted by Gasteiger charge is -2.42. The van der Waals surface area contributed by atoms with Crippen LogP contribution >= 0.6 is 0 Å². The lowest BCUT2D eigenvalue weighted by molar-refractivity contribution is -0.147. The van der Waals surface area contributed by atoms with E-state index in [0.29, 0.717) is 26.1 Å². The molecule has 0 aromatic heterocycles. The molecular formula is C23H27N3O2. The van der Waals surface area contributed by atoms with Gasteiger partial charge in [0.25, 0.3) is 0 Å². The predicted octanol–water partition coefficient (Wildman–Crippen LogP) is 2.87. The van der Waals surface area contributed by atoms with Crippen molar-refractivity contribution in [2.75, 3.05) is 37.6 Å². The molecule has 2 aromatic rings. The number of hydrogen-bond acceptors (Lipinski definition) is 3. The van der Waals surface area contributed by atoms with Gasteiger partial charge in [0.05, 0.1) is 0 Å². The van der Waals surface area contributed by atoms with Gasteiger partial charge in [0, 0.05) is 44.8 Å². The monoisotopic (exact) mass is 377 g/mol. The molecule has 0 radical (unpaired) electrons. The fourth-order valence-electron chi connectivity index (χ4n) is 4.30. The Morgan fingerprint density at radius 2 is 1.57 bits per heavy atom. The molecule has 4 rings (SSSR count). The van der Waals surface area contributed by atoms with Gasteiger partial charge in [-0.15, -0.1) is 0 Å². The Hall–Kier alpha value is -2.82. The number of piperazine rings is 1. The fourth-order valence-corrected chi connectivity index (χ4v) is 4.30. The number of carbonyl (C=O) groups is 2. The highest BCUT2D eigenvalue weighted by Crippen LogP contribution is 2.32. The smallest absolute Gasteiger partial charge is 0.250 e. The van der Waals surface area contributed by atoms with Crippen LogP contribution in [0, 0.1) is 0 Å². The molecule has 0 spiro atoms. The van der Waals surface area contributed by atoms with E-state index < -0.39 is 6.04 Å². The zero-order chi connectivity index (χ0) is 19.5. The van der Waals surface area contributed by atoms with E-state index in [-0.39, 0.29) is 11.8 Å². The Morgan fingerprint density at radius 1 is 0.893 bits per heavy atom. The first kappa shape index (κ1) is 18.5. The maximum atomic E-state index is 13.5. The van der Waals surface area contributed by atoms with Gasteiger partial charge in [-0.1, -0.05) is 49.4 Å². The van der Waals surface area contributed by atoms with E-state index >= 15 is 0 Å². The van der Waals surface area contributed by atoms with Crippen LogP contribution in [0.25, 0.3) is 0 Å². The first-order chi connectivity index (χ1) is 13.7. The lowest BCUT2D eigenvalue weighted by atomic mass is 9.91. The normalized spacial score (nSPS) is 19.3. The van der Waals surface area contributed by atoms with Gasteiger partial charge in [-0.05, 0) is 29.7 Å². The third-order valence-electron chi connectivity index (χ3n) is 5.85. The van der Waals surface area contributed by atoms with Crippen molar-refractivity contribution in [1.82, 2.24) is 9.80 Å². The van der Waals surface area contributed by atoms with Crippen LogP contribution in [0.3, 0.4) is 0 Å². The van der Waals surface area contributed by atoms with Crippen molar-refractivity contribution < 1.29 is 9.59 Å². The Bertz CT molecular complexity index is 844. The summed E-state index contributed by atoms with van der Waals surface area (Å²) in [6.45, 7) is 5.46. The molecule has 5 nitrogen and oxygen atoms in total. The Kier molecular flexibility index (Phi) is 5.33. The number of anilines is 1. The summed E-state index contributed by atoms with van der Waals surface area (Å²) >= 11 is 0. The minimum absolute atomic E-state index is 0.0516. The molecule has 2 aliphatic rings. The molecule has 1 unspecified atom stereocenters. The maximum absolute atomic E-state index is 13.5. The molecule has 0 saturated carbocycles. The highest BCUT2D eigenvalue weighted by atomic mass is 16.2. The van der Waals surface area contributed by atoms with Crippen LogP contribution in [0.4, 0.5) is 5.69 Å². The van der Waals surface area contributed by atoms with Gasteiger partial charge in [0.2, 0.25) is 11.8 Å². The number of amides is 2. The molecule has 146 valence electrons. The summed E-state index contributed by atoms with van der Waals surface area (Å²) in [4.78, 5) is 32.1. The van der Waals surface area contributed by atoms with E-state index in [0.717, 1.165) is 25.1 Å². The Labute approximate surface area is 166 Å². The quantitative estimate of drug-likeness (QED) is 0.826. The number of para-hydroxylation sites is 1. The van der Waals surface area contributed by atoms with Gasteiger partial charge in [0.1, 0.15) is 6.04 Å². The van der Waals surface area contributed by atoms with Crippen LogP contribution in [-0.4, -0.2) is 54.3 Å². The van der Waals surface area contributed by atoms with Crippen molar-refractivity contribution in [3.63, 3.8) is 0 Å². The number of carbonyl (C=O) groups excluding carboxylic acids is 2. The third kappa shape index (κ3) is 3.49. The molecule has 1 atom stereocenters. The largest absolute Gasteiger partial charge is 0.368 e. The molecule has 5 heteroatoms. The van der Waals surface area contributed by atoms with Crippen molar-refractivity contribution in [3.05, 3.63) is 65.7 Å². The van der Waals surface area contributed by atoms with Crippen molar-refractivity contribution >= 4 is 17.5 Å². The van der Waals surface area contributed by atoms with Crippen molar-refractivity contribution in [2.24, 2.45) is 0 Å². The molecule has 0 bridgehead atoms. The average molecular weight is 377 g/mol. The highest BCUT2D eigenvalue weighted by molar-refractivity contribution is 5.89. The van der Waals surface area contributed by atoms with Crippen molar-refractivity contribution in [1.29, 1.82) is 0 Å². The number of nitrogens with zero attached hydrogens (tertiary/aromatic N) is 3. The summed E-state index contributed by atoms with van der Waals surface area (Å²) in [5, 5.41) is 0. The summed E-state index contributed by atoms with van der Waals surface area (Å²) in [5.74, 6) is 0.109. The topological polar surface area (TPSA) is 43.9 Å². The molecule has 2 heterocycles. The van der Waals surface area contributed by atoms with E-state index in [1.807, 2.05) is 48.2 Å². The second-order valence-electron chi connectivity index (χ2n) is 7.44. The van der Waals surface area contributed by atoms with Crippen LogP contribution in [0.1, 0.15) is 30.5 Å². The van der Waals surface area contributed by atoms with Crippen LogP contribution in [-0.2, 0) is 16.0 Å². The molecule has 2 aliphatic heterocycles. The first-order valence-corrected chi connectivity index (χ1v) is 10.1. The van der Waals surface area contributed by atoms with E-state index in [1.165, 1.54) is 11.3 Å². The summed E-state index contributed by atoms with van der Waals surface area (Å²) < 4.78 is 0. The van der Waals surface area contributed by atoms with Crippen LogP contribution < -0.4 is 4.90 Å². The Balaban J connectivity index is 1.53. The van der Waals surface area contributed by atoms with Crippen LogP contribution in [0.15, 0.2) is 54.6 Å². The van der Waals surface area contributed by atoms with Gasteiger partial charge in [0.15, 0.2) is 0 Å². The minimum Gasteiger partial charge on any atom is -0.368 e. The Morgan fingerprint density at radius 3 is 2.29 bits per heavy atom. The third-order valence-corrected chi connectivity index (χ3v) is 5.85. The van der Waals surface area contributed by atoms with E-state index in [9.17, 15) is 9.59 Å². The average Bonchev–Trinajstić information content (AvgIpc) is 2.78. The molecular weight excluding hydrogens is 350 g/mol. The van der Waals surface area contributed by atoms with Crippen LogP contribution in [0.2, 0.25) is 0 Å². The first-order valence-electron chi connectivity index (χ1n) is 10.1. The van der Waals surface area contributed by atoms with Gasteiger partial charge in [-0.25, -0.2) is 0 Å². The summed E-state index contributed by atoms with van der Waals surface area (Å²) in [6.07, 6.45) is 1.24. The SMILES string of the molecule is CCC(=O)N1CCc2ccccc2C1C(=O)N1CCN(c2ccccc2)CC1. The second kappa shape index (κ2) is 8.05. The molecule has 0 aliphatic carbocycles. The van der Waals surface area contributed by atoms with E-state index in [1.54, 1.807) is 4.90 Å². The zero-order valence-corrected chi connectivity index (χ0v) is 16.4.